The molecule has 3 N–H and O–H groups in total. The summed E-state index contributed by atoms with van der Waals surface area (Å²) < 4.78 is 0. The van der Waals surface area contributed by atoms with Crippen LogP contribution >= 0.6 is 0 Å². The van der Waals surface area contributed by atoms with E-state index in [1.807, 2.05) is 0 Å². The van der Waals surface area contributed by atoms with Crippen LogP contribution in [0.5, 0.6) is 0 Å². The quantitative estimate of drug-likeness (QED) is 0.802. The Hall–Kier alpha value is -1.65. The van der Waals surface area contributed by atoms with Crippen molar-refractivity contribution < 1.29 is 4.79 Å². The number of nitrogens with one attached hydrogen (secondary N) is 1. The minimum Gasteiger partial charge on any atom is -0.369 e. The summed E-state index contributed by atoms with van der Waals surface area (Å²) in [7, 11) is 0. The van der Waals surface area contributed by atoms with E-state index in [1.54, 1.807) is 5.57 Å². The molecule has 1 saturated heterocycles. The Kier molecular flexibility index (Phi) is 4.42. The van der Waals surface area contributed by atoms with E-state index in [0.717, 1.165) is 25.4 Å². The summed E-state index contributed by atoms with van der Waals surface area (Å²) in [6, 6.07) is 12.0. The maximum atomic E-state index is 11.0. The summed E-state index contributed by atoms with van der Waals surface area (Å²) in [5.41, 5.74) is 8.64. The van der Waals surface area contributed by atoms with Gasteiger partial charge in [0.2, 0.25) is 5.91 Å². The number of nitrogens with two attached hydrogens (primary N) is 1. The van der Waals surface area contributed by atoms with Crippen LogP contribution in [0.3, 0.4) is 0 Å². The van der Waals surface area contributed by atoms with Crippen LogP contribution < -0.4 is 11.1 Å². The van der Waals surface area contributed by atoms with Crippen molar-refractivity contribution in [2.45, 2.75) is 44.7 Å². The van der Waals surface area contributed by atoms with Crippen LogP contribution in [-0.2, 0) is 4.79 Å². The average molecular weight is 339 g/mol. The first-order chi connectivity index (χ1) is 12.1. The third-order valence-corrected chi connectivity index (χ3v) is 6.13. The number of rotatable bonds is 7. The molecule has 1 amide bonds. The number of nitrogens with zero attached hydrogens (tertiary/aromatic N) is 1. The second-order valence-electron chi connectivity index (χ2n) is 8.32. The standard InChI is InChI=1S/C21H29N3O/c1-2-16(8-15-6-4-3-5-7-15)18-9-19(18)23-17-10-21(11-17)13-24(14-21)12-20(22)25/h3-8,17-19,23H,2,9-14H2,1H3,(H2,22,25)/b16-8+/t18-,19+/m0/s1. The molecule has 4 heteroatoms. The third-order valence-electron chi connectivity index (χ3n) is 6.13. The van der Waals surface area contributed by atoms with Crippen LogP contribution in [0.1, 0.15) is 38.2 Å². The molecule has 0 unspecified atom stereocenters. The Morgan fingerprint density at radius 3 is 2.68 bits per heavy atom. The normalized spacial score (nSPS) is 28.4. The lowest BCUT2D eigenvalue weighted by atomic mass is 9.60. The number of hydrogen-bond donors (Lipinski definition) is 2. The van der Waals surface area contributed by atoms with E-state index in [9.17, 15) is 4.79 Å². The van der Waals surface area contributed by atoms with Gasteiger partial charge in [-0.25, -0.2) is 0 Å². The lowest BCUT2D eigenvalue weighted by molar-refractivity contribution is -0.127. The van der Waals surface area contributed by atoms with Gasteiger partial charge in [-0.1, -0.05) is 48.9 Å². The Morgan fingerprint density at radius 2 is 2.04 bits per heavy atom. The molecule has 1 aromatic rings. The lowest BCUT2D eigenvalue weighted by Crippen LogP contribution is -2.67. The first kappa shape index (κ1) is 16.8. The molecule has 1 heterocycles. The second kappa shape index (κ2) is 6.58. The highest BCUT2D eigenvalue weighted by atomic mass is 16.1. The van der Waals surface area contributed by atoms with Gasteiger partial charge in [0, 0.05) is 25.2 Å². The first-order valence-corrected chi connectivity index (χ1v) is 9.59. The van der Waals surface area contributed by atoms with Crippen LogP contribution in [0.4, 0.5) is 0 Å². The highest BCUT2D eigenvalue weighted by molar-refractivity contribution is 5.76. The Labute approximate surface area is 150 Å². The molecule has 4 rings (SSSR count). The zero-order chi connectivity index (χ0) is 17.4. The minimum atomic E-state index is -0.207. The second-order valence-corrected chi connectivity index (χ2v) is 8.32. The fourth-order valence-electron chi connectivity index (χ4n) is 4.92. The van der Waals surface area contributed by atoms with Crippen molar-refractivity contribution in [1.82, 2.24) is 10.2 Å². The third kappa shape index (κ3) is 3.65. The van der Waals surface area contributed by atoms with Crippen molar-refractivity contribution in [3.63, 3.8) is 0 Å². The molecular formula is C21H29N3O. The molecule has 0 aromatic heterocycles. The lowest BCUT2D eigenvalue weighted by Gasteiger charge is -2.59. The van der Waals surface area contributed by atoms with Crippen LogP contribution in [0.15, 0.2) is 35.9 Å². The van der Waals surface area contributed by atoms with Gasteiger partial charge in [-0.15, -0.1) is 0 Å². The van der Waals surface area contributed by atoms with Gasteiger partial charge >= 0.3 is 0 Å². The molecule has 0 radical (unpaired) electrons. The molecule has 134 valence electrons. The van der Waals surface area contributed by atoms with Crippen molar-refractivity contribution >= 4 is 12.0 Å². The van der Waals surface area contributed by atoms with Gasteiger partial charge in [-0.3, -0.25) is 9.69 Å². The van der Waals surface area contributed by atoms with Crippen molar-refractivity contribution in [2.24, 2.45) is 17.1 Å². The van der Waals surface area contributed by atoms with Gasteiger partial charge in [0.05, 0.1) is 6.54 Å². The van der Waals surface area contributed by atoms with Gasteiger partial charge in [0.1, 0.15) is 0 Å². The van der Waals surface area contributed by atoms with Crippen LogP contribution in [0.2, 0.25) is 0 Å². The smallest absolute Gasteiger partial charge is 0.231 e. The molecular weight excluding hydrogens is 310 g/mol. The minimum absolute atomic E-state index is 0.207. The molecule has 1 spiro atoms. The SMILES string of the molecule is CC/C(=C\c1ccccc1)[C@@H]1C[C@H]1NC1CC2(C1)CN(CC(N)=O)C2. The molecule has 25 heavy (non-hydrogen) atoms. The Balaban J connectivity index is 1.23. The molecule has 2 aliphatic carbocycles. The van der Waals surface area contributed by atoms with Gasteiger partial charge in [-0.05, 0) is 42.6 Å². The van der Waals surface area contributed by atoms with E-state index >= 15 is 0 Å². The van der Waals surface area contributed by atoms with Gasteiger partial charge in [-0.2, -0.15) is 0 Å². The van der Waals surface area contributed by atoms with E-state index in [1.165, 1.54) is 24.8 Å². The first-order valence-electron chi connectivity index (χ1n) is 9.59. The molecule has 0 bridgehead atoms. The highest BCUT2D eigenvalue weighted by Crippen LogP contribution is 2.50. The monoisotopic (exact) mass is 339 g/mol. The highest BCUT2D eigenvalue weighted by Gasteiger charge is 2.53. The predicted molar refractivity (Wildman–Crippen MR) is 101 cm³/mol. The largest absolute Gasteiger partial charge is 0.369 e. The van der Waals surface area contributed by atoms with Crippen LogP contribution in [0.25, 0.3) is 6.08 Å². The maximum Gasteiger partial charge on any atom is 0.231 e. The van der Waals surface area contributed by atoms with Crippen molar-refractivity contribution in [2.75, 3.05) is 19.6 Å². The molecule has 3 fully saturated rings. The number of carbonyl (C=O) groups is 1. The van der Waals surface area contributed by atoms with E-state index in [-0.39, 0.29) is 5.91 Å². The molecule has 1 aromatic carbocycles. The van der Waals surface area contributed by atoms with Gasteiger partial charge in [0.15, 0.2) is 0 Å². The molecule has 2 atom stereocenters. The number of carbonyl (C=O) groups excluding carboxylic acids is 1. The van der Waals surface area contributed by atoms with Crippen molar-refractivity contribution in [1.29, 1.82) is 0 Å². The summed E-state index contributed by atoms with van der Waals surface area (Å²) in [5, 5.41) is 3.87. The predicted octanol–water partition coefficient (Wildman–Crippen LogP) is 2.41. The number of hydrogen-bond acceptors (Lipinski definition) is 3. The number of primary amides is 1. The topological polar surface area (TPSA) is 58.4 Å². The van der Waals surface area contributed by atoms with Gasteiger partial charge < -0.3 is 11.1 Å². The van der Waals surface area contributed by atoms with E-state index < -0.39 is 0 Å². The van der Waals surface area contributed by atoms with E-state index in [4.69, 9.17) is 5.73 Å². The Morgan fingerprint density at radius 1 is 1.32 bits per heavy atom. The zero-order valence-electron chi connectivity index (χ0n) is 15.1. The summed E-state index contributed by atoms with van der Waals surface area (Å²) >= 11 is 0. The zero-order valence-corrected chi connectivity index (χ0v) is 15.1. The van der Waals surface area contributed by atoms with Gasteiger partial charge in [0.25, 0.3) is 0 Å². The maximum absolute atomic E-state index is 11.0. The van der Waals surface area contributed by atoms with E-state index in [2.05, 4.69) is 53.5 Å². The number of benzene rings is 1. The fourth-order valence-corrected chi connectivity index (χ4v) is 4.92. The summed E-state index contributed by atoms with van der Waals surface area (Å²) in [4.78, 5) is 13.1. The number of likely N-dealkylation sites (tertiary alicyclic amines) is 1. The average Bonchev–Trinajstić information content (AvgIpc) is 3.28. The molecule has 4 nitrogen and oxygen atoms in total. The molecule has 3 aliphatic rings. The summed E-state index contributed by atoms with van der Waals surface area (Å²) in [6.07, 6.45) is 7.31. The van der Waals surface area contributed by atoms with E-state index in [0.29, 0.717) is 24.0 Å². The van der Waals surface area contributed by atoms with Crippen molar-refractivity contribution in [3.05, 3.63) is 41.5 Å². The fraction of sp³-hybridized carbons (Fsp3) is 0.571. The number of amides is 1. The van der Waals surface area contributed by atoms with Crippen molar-refractivity contribution in [3.8, 4) is 0 Å². The molecule has 2 saturated carbocycles. The summed E-state index contributed by atoms with van der Waals surface area (Å²) in [6.45, 7) is 4.80. The van der Waals surface area contributed by atoms with Crippen LogP contribution in [0, 0.1) is 11.3 Å². The Bertz CT molecular complexity index is 655. The molecule has 1 aliphatic heterocycles. The van der Waals surface area contributed by atoms with Crippen LogP contribution in [-0.4, -0.2) is 42.5 Å². The summed E-state index contributed by atoms with van der Waals surface area (Å²) in [5.74, 6) is 0.511.